The number of methoxy groups -OCH3 is 1. The van der Waals surface area contributed by atoms with Crippen LogP contribution in [-0.4, -0.2) is 31.0 Å². The molecule has 0 saturated heterocycles. The van der Waals surface area contributed by atoms with E-state index in [1.165, 1.54) is 26.2 Å². The zero-order valence-electron chi connectivity index (χ0n) is 14.7. The van der Waals surface area contributed by atoms with Gasteiger partial charge >= 0.3 is 157 Å². The fraction of sp³-hybridized carbons (Fsp3) is 0.0435. The molecule has 3 rings (SSSR count). The summed E-state index contributed by atoms with van der Waals surface area (Å²) in [5, 5.41) is 0. The number of carbonyl (C=O) groups excluding carboxylic acids is 1. The molecule has 3 heteroatoms. The first-order chi connectivity index (χ1) is 12.8. The molecule has 0 aliphatic heterocycles. The number of benzene rings is 3. The van der Waals surface area contributed by atoms with Crippen molar-refractivity contribution in [1.82, 2.24) is 0 Å². The Morgan fingerprint density at radius 1 is 0.731 bits per heavy atom. The number of allylic oxidation sites excluding steroid dienone is 1. The molecule has 3 aromatic rings. The first-order valence-electron chi connectivity index (χ1n) is 8.43. The zero-order valence-corrected chi connectivity index (χ0v) is 16.5. The van der Waals surface area contributed by atoms with E-state index < -0.39 is 13.1 Å². The van der Waals surface area contributed by atoms with Gasteiger partial charge in [-0.3, -0.25) is 0 Å². The summed E-state index contributed by atoms with van der Waals surface area (Å²) in [6.07, 6.45) is 3.34. The minimum atomic E-state index is -2.88. The van der Waals surface area contributed by atoms with Gasteiger partial charge in [0, 0.05) is 0 Å². The van der Waals surface area contributed by atoms with Crippen LogP contribution in [0.15, 0.2) is 103 Å². The summed E-state index contributed by atoms with van der Waals surface area (Å²) in [6, 6.07) is 31.7. The molecule has 0 radical (unpaired) electrons. The van der Waals surface area contributed by atoms with E-state index in [0.29, 0.717) is 0 Å². The van der Waals surface area contributed by atoms with Crippen LogP contribution in [-0.2, 0) is 9.53 Å². The van der Waals surface area contributed by atoms with Crippen molar-refractivity contribution in [3.05, 3.63) is 103 Å². The van der Waals surface area contributed by atoms with E-state index in [1.54, 1.807) is 0 Å². The third-order valence-corrected chi connectivity index (χ3v) is 12.5. The van der Waals surface area contributed by atoms with Crippen molar-refractivity contribution in [3.63, 3.8) is 0 Å². The molecule has 0 N–H and O–H groups in total. The van der Waals surface area contributed by atoms with Crippen LogP contribution in [0.25, 0.3) is 0 Å². The Morgan fingerprint density at radius 2 is 1.12 bits per heavy atom. The molecule has 0 heterocycles. The van der Waals surface area contributed by atoms with E-state index in [-0.39, 0.29) is 5.97 Å². The molecule has 0 fully saturated rings. The van der Waals surface area contributed by atoms with Crippen molar-refractivity contribution < 1.29 is 9.53 Å². The van der Waals surface area contributed by atoms with Crippen LogP contribution in [0, 0.1) is 0 Å². The second kappa shape index (κ2) is 8.60. The molecule has 0 amide bonds. The molecule has 130 valence electrons. The Bertz CT molecular complexity index is 826. The monoisotopic (exact) mass is 404 g/mol. The second-order valence-electron chi connectivity index (χ2n) is 5.76. The first kappa shape index (κ1) is 18.1. The molecule has 0 aliphatic rings. The fourth-order valence-electron chi connectivity index (χ4n) is 3.01. The van der Waals surface area contributed by atoms with Gasteiger partial charge in [0.05, 0.1) is 0 Å². The molecule has 0 bridgehead atoms. The molecule has 0 spiro atoms. The minimum absolute atomic E-state index is 0.343. The van der Waals surface area contributed by atoms with Crippen LogP contribution in [0.5, 0.6) is 0 Å². The average molecular weight is 404 g/mol. The molecule has 0 saturated carbocycles. The normalized spacial score (nSPS) is 11.3. The van der Waals surface area contributed by atoms with Gasteiger partial charge in [-0.1, -0.05) is 0 Å². The first-order valence-corrected chi connectivity index (χ1v) is 12.3. The van der Waals surface area contributed by atoms with Crippen LogP contribution >= 0.6 is 0 Å². The summed E-state index contributed by atoms with van der Waals surface area (Å²) in [4.78, 5) is 13.8. The van der Waals surface area contributed by atoms with Crippen molar-refractivity contribution >= 4 is 36.9 Å². The van der Waals surface area contributed by atoms with Gasteiger partial charge in [0.1, 0.15) is 0 Å². The van der Waals surface area contributed by atoms with Crippen molar-refractivity contribution in [2.24, 2.45) is 0 Å². The van der Waals surface area contributed by atoms with Gasteiger partial charge in [-0.25, -0.2) is 0 Å². The Kier molecular flexibility index (Phi) is 5.99. The number of esters is 1. The topological polar surface area (TPSA) is 26.3 Å². The van der Waals surface area contributed by atoms with Crippen molar-refractivity contribution in [1.29, 1.82) is 0 Å². The van der Waals surface area contributed by atoms with Crippen LogP contribution in [0.1, 0.15) is 0 Å². The van der Waals surface area contributed by atoms with Gasteiger partial charge in [-0.05, 0) is 0 Å². The SMILES string of the molecule is COC(=O)/C=C/C=[As](c1ccccc1)(c1ccccc1)c1ccccc1. The second-order valence-corrected chi connectivity index (χ2v) is 12.7. The number of hydrogen-bond donors (Lipinski definition) is 0. The van der Waals surface area contributed by atoms with Gasteiger partial charge < -0.3 is 0 Å². The molecule has 0 atom stereocenters. The van der Waals surface area contributed by atoms with Gasteiger partial charge in [-0.2, -0.15) is 0 Å². The van der Waals surface area contributed by atoms with Gasteiger partial charge in [0.15, 0.2) is 0 Å². The molecule has 2 nitrogen and oxygen atoms in total. The van der Waals surface area contributed by atoms with Crippen molar-refractivity contribution in [2.75, 3.05) is 7.11 Å². The average Bonchev–Trinajstić information content (AvgIpc) is 2.73. The summed E-state index contributed by atoms with van der Waals surface area (Å²) >= 11 is -2.88. The summed E-state index contributed by atoms with van der Waals surface area (Å²) in [6.45, 7) is 0. The van der Waals surface area contributed by atoms with Crippen molar-refractivity contribution in [3.8, 4) is 0 Å². The molecular weight excluding hydrogens is 383 g/mol. The van der Waals surface area contributed by atoms with Crippen molar-refractivity contribution in [2.45, 2.75) is 0 Å². The maximum absolute atomic E-state index is 11.6. The summed E-state index contributed by atoms with van der Waals surface area (Å²) in [5.74, 6) is -0.343. The number of hydrogen-bond acceptors (Lipinski definition) is 2. The molecule has 0 aliphatic carbocycles. The van der Waals surface area contributed by atoms with Crippen LogP contribution < -0.4 is 13.1 Å². The van der Waals surface area contributed by atoms with E-state index in [2.05, 4.69) is 77.6 Å². The Balaban J connectivity index is 2.34. The van der Waals surface area contributed by atoms with Crippen LogP contribution in [0.2, 0.25) is 0 Å². The van der Waals surface area contributed by atoms with Crippen LogP contribution in [0.3, 0.4) is 0 Å². The fourth-order valence-corrected chi connectivity index (χ4v) is 10.7. The number of rotatable bonds is 5. The molecule has 3 aromatic carbocycles. The molecule has 0 unspecified atom stereocenters. The summed E-state index contributed by atoms with van der Waals surface area (Å²) in [7, 11) is 1.39. The van der Waals surface area contributed by atoms with E-state index in [9.17, 15) is 4.79 Å². The van der Waals surface area contributed by atoms with Gasteiger partial charge in [-0.15, -0.1) is 0 Å². The Labute approximate surface area is 156 Å². The zero-order chi connectivity index (χ0) is 18.2. The molecular formula is C23H21AsO2. The summed E-state index contributed by atoms with van der Waals surface area (Å²) < 4.78 is 8.67. The van der Waals surface area contributed by atoms with E-state index in [4.69, 9.17) is 4.74 Å². The number of ether oxygens (including phenoxy) is 1. The maximum atomic E-state index is 11.6. The molecule has 0 aromatic heterocycles. The van der Waals surface area contributed by atoms with Gasteiger partial charge in [0.25, 0.3) is 0 Å². The molecule has 26 heavy (non-hydrogen) atoms. The summed E-state index contributed by atoms with van der Waals surface area (Å²) in [5.41, 5.74) is 0. The number of carbonyl (C=O) groups is 1. The van der Waals surface area contributed by atoms with E-state index in [0.717, 1.165) is 0 Å². The predicted octanol–water partition coefficient (Wildman–Crippen LogP) is 2.27. The Morgan fingerprint density at radius 3 is 1.46 bits per heavy atom. The third-order valence-electron chi connectivity index (χ3n) is 4.23. The van der Waals surface area contributed by atoms with Gasteiger partial charge in [0.2, 0.25) is 0 Å². The Hall–Kier alpha value is -2.70. The quantitative estimate of drug-likeness (QED) is 0.371. The predicted molar refractivity (Wildman–Crippen MR) is 111 cm³/mol. The van der Waals surface area contributed by atoms with E-state index in [1.807, 2.05) is 24.3 Å². The third kappa shape index (κ3) is 3.76. The standard InChI is InChI=1S/C23H21AsO2/c1-26-23(25)18-11-19-24(20-12-5-2-6-13-20,21-14-7-3-8-15-21)22-16-9-4-10-17-22/h2-19H,1H3/b18-11+. The van der Waals surface area contributed by atoms with Crippen LogP contribution in [0.4, 0.5) is 0 Å². The van der Waals surface area contributed by atoms with E-state index >= 15 is 0 Å².